The van der Waals surface area contributed by atoms with E-state index in [-0.39, 0.29) is 24.3 Å². The third-order valence-electron chi connectivity index (χ3n) is 4.67. The fraction of sp³-hybridized carbons (Fsp3) is 0.350. The minimum Gasteiger partial charge on any atom is -0.495 e. The number of hydrogen-bond acceptors (Lipinski definition) is 3. The highest BCUT2D eigenvalue weighted by Gasteiger charge is 2.22. The maximum Gasteiger partial charge on any atom is 0.223 e. The van der Waals surface area contributed by atoms with Crippen LogP contribution in [0.5, 0.6) is 5.75 Å². The molecule has 1 heterocycles. The molecule has 0 saturated carbocycles. The molecule has 0 atom stereocenters. The molecule has 2 aromatic carbocycles. The van der Waals surface area contributed by atoms with Crippen LogP contribution in [0.3, 0.4) is 0 Å². The van der Waals surface area contributed by atoms with E-state index in [9.17, 15) is 13.6 Å². The first kappa shape index (κ1) is 18.2. The topological polar surface area (TPSA) is 32.8 Å². The molecule has 2 aromatic rings. The SMILES string of the molecule is COc1ccccc1N1CCN(C(=O)CCc2cc(F)ccc2F)CC1. The van der Waals surface area contributed by atoms with E-state index in [0.29, 0.717) is 26.2 Å². The lowest BCUT2D eigenvalue weighted by Crippen LogP contribution is -2.49. The first-order valence-electron chi connectivity index (χ1n) is 8.68. The van der Waals surface area contributed by atoms with Crippen molar-refractivity contribution in [3.8, 4) is 5.75 Å². The Morgan fingerprint density at radius 1 is 1.08 bits per heavy atom. The van der Waals surface area contributed by atoms with E-state index in [1.54, 1.807) is 12.0 Å². The number of amides is 1. The number of ether oxygens (including phenoxy) is 1. The maximum absolute atomic E-state index is 13.7. The van der Waals surface area contributed by atoms with E-state index < -0.39 is 11.6 Å². The number of piperazine rings is 1. The minimum absolute atomic E-state index is 0.0339. The van der Waals surface area contributed by atoms with Crippen LogP contribution in [0, 0.1) is 11.6 Å². The standard InChI is InChI=1S/C20H22F2N2O2/c1-26-19-5-3-2-4-18(19)23-10-12-24(13-11-23)20(25)9-6-15-14-16(21)7-8-17(15)22/h2-5,7-8,14H,6,9-13H2,1H3. The van der Waals surface area contributed by atoms with Crippen LogP contribution in [0.25, 0.3) is 0 Å². The predicted molar refractivity (Wildman–Crippen MR) is 96.5 cm³/mol. The smallest absolute Gasteiger partial charge is 0.223 e. The van der Waals surface area contributed by atoms with E-state index in [0.717, 1.165) is 29.6 Å². The Labute approximate surface area is 152 Å². The monoisotopic (exact) mass is 360 g/mol. The third-order valence-corrected chi connectivity index (χ3v) is 4.67. The Balaban J connectivity index is 1.54. The van der Waals surface area contributed by atoms with E-state index >= 15 is 0 Å². The highest BCUT2D eigenvalue weighted by molar-refractivity contribution is 5.77. The van der Waals surface area contributed by atoms with Crippen molar-refractivity contribution in [1.82, 2.24) is 4.90 Å². The zero-order valence-corrected chi connectivity index (χ0v) is 14.8. The van der Waals surface area contributed by atoms with Crippen LogP contribution in [0.15, 0.2) is 42.5 Å². The number of halogens is 2. The zero-order valence-electron chi connectivity index (χ0n) is 14.8. The number of carbonyl (C=O) groups is 1. The highest BCUT2D eigenvalue weighted by atomic mass is 19.1. The Hall–Kier alpha value is -2.63. The van der Waals surface area contributed by atoms with Gasteiger partial charge in [-0.15, -0.1) is 0 Å². The number of hydrogen-bond donors (Lipinski definition) is 0. The van der Waals surface area contributed by atoms with E-state index in [2.05, 4.69) is 4.90 Å². The van der Waals surface area contributed by atoms with Crippen molar-refractivity contribution in [1.29, 1.82) is 0 Å². The summed E-state index contributed by atoms with van der Waals surface area (Å²) in [5.41, 5.74) is 1.26. The largest absolute Gasteiger partial charge is 0.495 e. The lowest BCUT2D eigenvalue weighted by molar-refractivity contribution is -0.131. The molecule has 0 spiro atoms. The first-order valence-corrected chi connectivity index (χ1v) is 8.68. The molecule has 0 aromatic heterocycles. The molecular weight excluding hydrogens is 338 g/mol. The molecule has 0 aliphatic carbocycles. The summed E-state index contributed by atoms with van der Waals surface area (Å²) < 4.78 is 32.3. The minimum atomic E-state index is -0.487. The molecule has 6 heteroatoms. The van der Waals surface area contributed by atoms with Crippen LogP contribution >= 0.6 is 0 Å². The van der Waals surface area contributed by atoms with Crippen LogP contribution in [0.4, 0.5) is 14.5 Å². The van der Waals surface area contributed by atoms with Gasteiger partial charge in [0.2, 0.25) is 5.91 Å². The normalized spacial score (nSPS) is 14.4. The molecule has 1 fully saturated rings. The summed E-state index contributed by atoms with van der Waals surface area (Å²) in [5, 5.41) is 0. The zero-order chi connectivity index (χ0) is 18.5. The summed E-state index contributed by atoms with van der Waals surface area (Å²) in [6, 6.07) is 11.1. The lowest BCUT2D eigenvalue weighted by atomic mass is 10.1. The van der Waals surface area contributed by atoms with Crippen molar-refractivity contribution in [3.63, 3.8) is 0 Å². The number of methoxy groups -OCH3 is 1. The number of para-hydroxylation sites is 2. The van der Waals surface area contributed by atoms with Gasteiger partial charge in [0.15, 0.2) is 0 Å². The number of rotatable bonds is 5. The Morgan fingerprint density at radius 2 is 1.81 bits per heavy atom. The second kappa shape index (κ2) is 8.17. The molecule has 0 unspecified atom stereocenters. The van der Waals surface area contributed by atoms with Crippen molar-refractivity contribution in [2.24, 2.45) is 0 Å². The summed E-state index contributed by atoms with van der Waals surface area (Å²) in [5.74, 6) is -0.179. The average Bonchev–Trinajstić information content (AvgIpc) is 2.68. The second-order valence-corrected chi connectivity index (χ2v) is 6.28. The van der Waals surface area contributed by atoms with Crippen LogP contribution in [0.2, 0.25) is 0 Å². The number of anilines is 1. The molecule has 1 saturated heterocycles. The number of benzene rings is 2. The Morgan fingerprint density at radius 3 is 2.54 bits per heavy atom. The summed E-state index contributed by atoms with van der Waals surface area (Å²) in [6.07, 6.45) is 0.379. The molecule has 1 amide bonds. The first-order chi connectivity index (χ1) is 12.6. The number of carbonyl (C=O) groups excluding carboxylic acids is 1. The van der Waals surface area contributed by atoms with Gasteiger partial charge in [0, 0.05) is 32.6 Å². The fourth-order valence-electron chi connectivity index (χ4n) is 3.22. The molecule has 138 valence electrons. The molecule has 0 bridgehead atoms. The van der Waals surface area contributed by atoms with Crippen molar-refractivity contribution in [2.45, 2.75) is 12.8 Å². The van der Waals surface area contributed by atoms with Crippen LogP contribution in [-0.2, 0) is 11.2 Å². The van der Waals surface area contributed by atoms with Gasteiger partial charge in [0.05, 0.1) is 12.8 Å². The van der Waals surface area contributed by atoms with Crippen molar-refractivity contribution >= 4 is 11.6 Å². The van der Waals surface area contributed by atoms with Crippen molar-refractivity contribution in [3.05, 3.63) is 59.7 Å². The van der Waals surface area contributed by atoms with Gasteiger partial charge in [-0.1, -0.05) is 12.1 Å². The lowest BCUT2D eigenvalue weighted by Gasteiger charge is -2.36. The summed E-state index contributed by atoms with van der Waals surface area (Å²) in [7, 11) is 1.64. The summed E-state index contributed by atoms with van der Waals surface area (Å²) in [4.78, 5) is 16.4. The van der Waals surface area contributed by atoms with E-state index in [1.807, 2.05) is 24.3 Å². The Bertz CT molecular complexity index is 774. The third kappa shape index (κ3) is 4.12. The molecule has 26 heavy (non-hydrogen) atoms. The van der Waals surface area contributed by atoms with Crippen molar-refractivity contribution < 1.29 is 18.3 Å². The van der Waals surface area contributed by atoms with Gasteiger partial charge in [0.1, 0.15) is 17.4 Å². The van der Waals surface area contributed by atoms with E-state index in [1.165, 1.54) is 0 Å². The number of aryl methyl sites for hydroxylation is 1. The molecule has 1 aliphatic rings. The molecule has 0 radical (unpaired) electrons. The molecule has 3 rings (SSSR count). The summed E-state index contributed by atoms with van der Waals surface area (Å²) in [6.45, 7) is 2.62. The van der Waals surface area contributed by atoms with Crippen molar-refractivity contribution in [2.75, 3.05) is 38.2 Å². The van der Waals surface area contributed by atoms with Gasteiger partial charge < -0.3 is 14.5 Å². The van der Waals surface area contributed by atoms with E-state index in [4.69, 9.17) is 4.74 Å². The summed E-state index contributed by atoms with van der Waals surface area (Å²) >= 11 is 0. The predicted octanol–water partition coefficient (Wildman–Crippen LogP) is 3.25. The van der Waals surface area contributed by atoms with Gasteiger partial charge in [-0.2, -0.15) is 0 Å². The van der Waals surface area contributed by atoms with Gasteiger partial charge in [-0.25, -0.2) is 8.78 Å². The van der Waals surface area contributed by atoms with Crippen LogP contribution in [0.1, 0.15) is 12.0 Å². The molecule has 1 aliphatic heterocycles. The van der Waals surface area contributed by atoms with Gasteiger partial charge in [-0.05, 0) is 42.3 Å². The van der Waals surface area contributed by atoms with Gasteiger partial charge in [-0.3, -0.25) is 4.79 Å². The van der Waals surface area contributed by atoms with Crippen LogP contribution in [-0.4, -0.2) is 44.1 Å². The van der Waals surface area contributed by atoms with Gasteiger partial charge in [0.25, 0.3) is 0 Å². The Kier molecular flexibility index (Phi) is 5.71. The van der Waals surface area contributed by atoms with Gasteiger partial charge >= 0.3 is 0 Å². The highest BCUT2D eigenvalue weighted by Crippen LogP contribution is 2.28. The fourth-order valence-corrected chi connectivity index (χ4v) is 3.22. The molecule has 4 nitrogen and oxygen atoms in total. The number of nitrogens with zero attached hydrogens (tertiary/aromatic N) is 2. The molecule has 0 N–H and O–H groups in total. The average molecular weight is 360 g/mol. The second-order valence-electron chi connectivity index (χ2n) is 6.28. The maximum atomic E-state index is 13.7. The van der Waals surface area contributed by atoms with Crippen LogP contribution < -0.4 is 9.64 Å². The quantitative estimate of drug-likeness (QED) is 0.821. The molecular formula is C20H22F2N2O2.